The molecule has 0 atom stereocenters. The summed E-state index contributed by atoms with van der Waals surface area (Å²) in [5.74, 6) is 0. The zero-order valence-corrected chi connectivity index (χ0v) is 20.3. The molecule has 0 aliphatic heterocycles. The molecule has 8 aromatic rings. The standard InChI is InChI=1S/C38H24O/c1-2-12-25(13-3-1)26-14-10-15-27(24-26)36-28-16-4-6-18-30(28)37(31-19-7-5-17-29(31)36)33-21-11-23-35-38(33)32-20-8-9-22-34(32)39-35/h1-24H/i4D,5D,6D,7D,10D,14D,15D,16D,17D,18D,19D,24D. The van der Waals surface area contributed by atoms with Gasteiger partial charge in [-0.25, -0.2) is 0 Å². The van der Waals surface area contributed by atoms with Gasteiger partial charge in [0.05, 0.1) is 16.4 Å². The van der Waals surface area contributed by atoms with E-state index < -0.39 is 72.5 Å². The molecule has 1 nitrogen and oxygen atoms in total. The van der Waals surface area contributed by atoms with Crippen molar-refractivity contribution >= 4 is 43.5 Å². The second kappa shape index (κ2) is 8.72. The molecular formula is C38H24O. The van der Waals surface area contributed by atoms with Crippen LogP contribution in [0.5, 0.6) is 0 Å². The van der Waals surface area contributed by atoms with Crippen LogP contribution in [0.4, 0.5) is 0 Å². The first kappa shape index (κ1) is 13.1. The van der Waals surface area contributed by atoms with Gasteiger partial charge in [0, 0.05) is 10.8 Å². The van der Waals surface area contributed by atoms with E-state index in [0.29, 0.717) is 33.1 Å². The Bertz CT molecular complexity index is 2740. The molecule has 39 heavy (non-hydrogen) atoms. The molecule has 0 spiro atoms. The average molecular weight is 509 g/mol. The minimum absolute atomic E-state index is 0.00622. The van der Waals surface area contributed by atoms with Crippen molar-refractivity contribution in [2.24, 2.45) is 0 Å². The molecule has 182 valence electrons. The number of benzene rings is 7. The molecule has 8 rings (SSSR count). The van der Waals surface area contributed by atoms with E-state index in [2.05, 4.69) is 0 Å². The highest BCUT2D eigenvalue weighted by Crippen LogP contribution is 2.47. The number of hydrogen-bond donors (Lipinski definition) is 0. The number of rotatable bonds is 3. The molecule has 0 unspecified atom stereocenters. The van der Waals surface area contributed by atoms with Crippen molar-refractivity contribution in [1.82, 2.24) is 0 Å². The quantitative estimate of drug-likeness (QED) is 0.216. The fourth-order valence-corrected chi connectivity index (χ4v) is 5.35. The van der Waals surface area contributed by atoms with Crippen molar-refractivity contribution < 1.29 is 20.9 Å². The molecule has 1 aromatic heterocycles. The lowest BCUT2D eigenvalue weighted by Crippen LogP contribution is -1.91. The number of fused-ring (bicyclic) bond motifs is 5. The van der Waals surface area contributed by atoms with E-state index in [1.807, 2.05) is 12.1 Å². The maximum atomic E-state index is 9.47. The Labute approximate surface area is 243 Å². The molecule has 0 amide bonds. The average Bonchev–Trinajstić information content (AvgIpc) is 3.52. The molecular weight excluding hydrogens is 472 g/mol. The van der Waals surface area contributed by atoms with Crippen LogP contribution in [0.25, 0.3) is 76.9 Å². The molecule has 0 N–H and O–H groups in total. The molecule has 0 aliphatic carbocycles. The van der Waals surface area contributed by atoms with Crippen LogP contribution in [-0.2, 0) is 0 Å². The van der Waals surface area contributed by atoms with Crippen LogP contribution < -0.4 is 0 Å². The molecule has 0 radical (unpaired) electrons. The van der Waals surface area contributed by atoms with Crippen LogP contribution in [0.3, 0.4) is 0 Å². The van der Waals surface area contributed by atoms with E-state index in [1.54, 1.807) is 60.7 Å². The van der Waals surface area contributed by atoms with Crippen LogP contribution in [0, 0.1) is 0 Å². The predicted molar refractivity (Wildman–Crippen MR) is 165 cm³/mol. The first-order chi connectivity index (χ1) is 24.4. The molecule has 0 bridgehead atoms. The van der Waals surface area contributed by atoms with E-state index in [1.165, 1.54) is 0 Å². The summed E-state index contributed by atoms with van der Waals surface area (Å²) in [6.07, 6.45) is 0. The van der Waals surface area contributed by atoms with Crippen molar-refractivity contribution in [2.45, 2.75) is 0 Å². The lowest BCUT2D eigenvalue weighted by Gasteiger charge is -2.18. The Hall–Kier alpha value is -5.14. The van der Waals surface area contributed by atoms with Gasteiger partial charge in [-0.3, -0.25) is 0 Å². The Morgan fingerprint density at radius 2 is 1.05 bits per heavy atom. The van der Waals surface area contributed by atoms with E-state index in [-0.39, 0.29) is 43.8 Å². The summed E-state index contributed by atoms with van der Waals surface area (Å²) in [5.41, 5.74) is 1.36. The molecule has 1 heteroatoms. The molecule has 0 aliphatic rings. The molecule has 0 saturated heterocycles. The topological polar surface area (TPSA) is 13.1 Å². The van der Waals surface area contributed by atoms with Crippen molar-refractivity contribution in [3.8, 4) is 33.4 Å². The van der Waals surface area contributed by atoms with Gasteiger partial charge >= 0.3 is 0 Å². The highest BCUT2D eigenvalue weighted by Gasteiger charge is 2.20. The monoisotopic (exact) mass is 508 g/mol. The second-order valence-electron chi connectivity index (χ2n) is 9.14. The third-order valence-corrected chi connectivity index (χ3v) is 6.98. The predicted octanol–water partition coefficient (Wildman–Crippen LogP) is 10.9. The van der Waals surface area contributed by atoms with Crippen LogP contribution in [0.1, 0.15) is 16.4 Å². The minimum atomic E-state index is -0.628. The third-order valence-electron chi connectivity index (χ3n) is 6.98. The van der Waals surface area contributed by atoms with Gasteiger partial charge in [0.2, 0.25) is 0 Å². The Morgan fingerprint density at radius 3 is 1.79 bits per heavy atom. The maximum Gasteiger partial charge on any atom is 0.136 e. The number of furan rings is 1. The SMILES string of the molecule is [2H]c1c([2H])c(-c2ccccc2)c([2H])c(-c2c3c([2H])c([2H])c([2H])c([2H])c3c(-c3cccc4oc5ccccc5c34)c3c([2H])c([2H])c([2H])c([2H])c23)c1[2H]. The summed E-state index contributed by atoms with van der Waals surface area (Å²) in [7, 11) is 0. The molecule has 7 aromatic carbocycles. The minimum Gasteiger partial charge on any atom is -0.456 e. The summed E-state index contributed by atoms with van der Waals surface area (Å²) >= 11 is 0. The van der Waals surface area contributed by atoms with Gasteiger partial charge in [-0.05, 0) is 73.1 Å². The Kier molecular flexibility index (Phi) is 2.92. The number of hydrogen-bond acceptors (Lipinski definition) is 1. The smallest absolute Gasteiger partial charge is 0.136 e. The summed E-state index contributed by atoms with van der Waals surface area (Å²) in [5, 5.41) is 0.687. The highest BCUT2D eigenvalue weighted by atomic mass is 16.3. The zero-order valence-electron chi connectivity index (χ0n) is 32.3. The lowest BCUT2D eigenvalue weighted by atomic mass is 9.84. The molecule has 1 heterocycles. The third kappa shape index (κ3) is 3.41. The van der Waals surface area contributed by atoms with Crippen LogP contribution in [-0.4, -0.2) is 0 Å². The summed E-state index contributed by atoms with van der Waals surface area (Å²) in [4.78, 5) is 0. The maximum absolute atomic E-state index is 9.47. The van der Waals surface area contributed by atoms with E-state index in [9.17, 15) is 6.85 Å². The highest BCUT2D eigenvalue weighted by molar-refractivity contribution is 6.25. The summed E-state index contributed by atoms with van der Waals surface area (Å²) in [6.45, 7) is 0. The fraction of sp³-hybridized carbons (Fsp3) is 0. The van der Waals surface area contributed by atoms with E-state index in [4.69, 9.17) is 14.0 Å². The van der Waals surface area contributed by atoms with Gasteiger partial charge in [-0.1, -0.05) is 127 Å². The first-order valence-electron chi connectivity index (χ1n) is 18.4. The van der Waals surface area contributed by atoms with E-state index in [0.717, 1.165) is 0 Å². The largest absolute Gasteiger partial charge is 0.456 e. The summed E-state index contributed by atoms with van der Waals surface area (Å²) < 4.78 is 114. The normalized spacial score (nSPS) is 15.9. The van der Waals surface area contributed by atoms with Gasteiger partial charge < -0.3 is 4.42 Å². The van der Waals surface area contributed by atoms with Crippen molar-refractivity contribution in [3.63, 3.8) is 0 Å². The van der Waals surface area contributed by atoms with Crippen LogP contribution in [0.15, 0.2) is 150 Å². The van der Waals surface area contributed by atoms with Gasteiger partial charge in [-0.15, -0.1) is 0 Å². The van der Waals surface area contributed by atoms with Gasteiger partial charge in [0.1, 0.15) is 11.2 Å². The Balaban J connectivity index is 1.73. The van der Waals surface area contributed by atoms with Gasteiger partial charge in [-0.2, -0.15) is 0 Å². The van der Waals surface area contributed by atoms with Crippen molar-refractivity contribution in [2.75, 3.05) is 0 Å². The fourth-order valence-electron chi connectivity index (χ4n) is 5.35. The van der Waals surface area contributed by atoms with Crippen molar-refractivity contribution in [3.05, 3.63) is 145 Å². The van der Waals surface area contributed by atoms with Crippen molar-refractivity contribution in [1.29, 1.82) is 0 Å². The first-order valence-corrected chi connectivity index (χ1v) is 12.4. The second-order valence-corrected chi connectivity index (χ2v) is 9.14. The van der Waals surface area contributed by atoms with Crippen LogP contribution >= 0.6 is 0 Å². The van der Waals surface area contributed by atoms with Gasteiger partial charge in [0.25, 0.3) is 0 Å². The summed E-state index contributed by atoms with van der Waals surface area (Å²) in [6, 6.07) is 14.3. The van der Waals surface area contributed by atoms with E-state index >= 15 is 0 Å². The molecule has 0 saturated carbocycles. The molecule has 0 fully saturated rings. The number of para-hydroxylation sites is 1. The van der Waals surface area contributed by atoms with Crippen LogP contribution in [0.2, 0.25) is 0 Å². The lowest BCUT2D eigenvalue weighted by molar-refractivity contribution is 0.669. The zero-order chi connectivity index (χ0) is 36.2. The Morgan fingerprint density at radius 1 is 0.436 bits per heavy atom. The van der Waals surface area contributed by atoms with Gasteiger partial charge in [0.15, 0.2) is 0 Å².